The number of benzene rings is 1. The predicted molar refractivity (Wildman–Crippen MR) is 146 cm³/mol. The predicted octanol–water partition coefficient (Wildman–Crippen LogP) is 5.35. The van der Waals surface area contributed by atoms with Crippen LogP contribution in [0.2, 0.25) is 10.0 Å². The van der Waals surface area contributed by atoms with Crippen LogP contribution in [-0.2, 0) is 25.5 Å². The molecule has 1 aliphatic carbocycles. The van der Waals surface area contributed by atoms with E-state index in [-0.39, 0.29) is 33.9 Å². The number of aliphatic imine (C=N–C) groups is 1. The minimum atomic E-state index is -0.771. The number of rotatable bonds is 9. The molecule has 2 atom stereocenters. The first-order valence-corrected chi connectivity index (χ1v) is 13.6. The molecule has 1 aliphatic heterocycles. The number of hydrogen-bond donors (Lipinski definition) is 1. The van der Waals surface area contributed by atoms with Crippen molar-refractivity contribution in [3.8, 4) is 0 Å². The second-order valence-corrected chi connectivity index (χ2v) is 10.3. The molecule has 1 aromatic carbocycles. The molecular formula is C28H31Cl2N3O5. The molecule has 202 valence electrons. The van der Waals surface area contributed by atoms with Crippen LogP contribution in [0.15, 0.2) is 41.7 Å². The molecule has 0 bridgehead atoms. The van der Waals surface area contributed by atoms with Gasteiger partial charge in [0, 0.05) is 43.4 Å². The molecule has 8 nitrogen and oxygen atoms in total. The molecule has 1 unspecified atom stereocenters. The Morgan fingerprint density at radius 1 is 1.16 bits per heavy atom. The zero-order chi connectivity index (χ0) is 27.3. The molecule has 1 spiro atoms. The number of ketones is 1. The number of carbonyl (C=O) groups excluding carboxylic acids is 3. The summed E-state index contributed by atoms with van der Waals surface area (Å²) in [5.41, 5.74) is 1.72. The van der Waals surface area contributed by atoms with E-state index in [1.165, 1.54) is 12.4 Å². The SMILES string of the molecule is CCCC1C(=O)C2(CCOCC2)C1=N[C@@H](Cc1ccc(NC(=O)c2c(Cl)cncc2Cl)cc1)C(=O)OCC. The summed E-state index contributed by atoms with van der Waals surface area (Å²) in [6.45, 7) is 5.06. The first-order chi connectivity index (χ1) is 18.3. The van der Waals surface area contributed by atoms with Crippen molar-refractivity contribution in [2.75, 3.05) is 25.1 Å². The van der Waals surface area contributed by atoms with Crippen LogP contribution >= 0.6 is 23.2 Å². The van der Waals surface area contributed by atoms with Crippen LogP contribution < -0.4 is 5.32 Å². The lowest BCUT2D eigenvalue weighted by molar-refractivity contribution is -0.145. The number of pyridine rings is 1. The normalized spacial score (nSPS) is 20.2. The molecule has 10 heteroatoms. The van der Waals surface area contributed by atoms with Gasteiger partial charge in [0.15, 0.2) is 11.8 Å². The molecule has 2 aliphatic rings. The van der Waals surface area contributed by atoms with Crippen molar-refractivity contribution in [2.45, 2.75) is 52.0 Å². The van der Waals surface area contributed by atoms with E-state index in [1.807, 2.05) is 19.1 Å². The standard InChI is InChI=1S/C28H31Cl2N3O5/c1-3-5-19-24(28(25(19)34)10-12-37-13-11-28)33-22(27(36)38-4-2)14-17-6-8-18(9-7-17)32-26(35)23-20(29)15-31-16-21(23)30/h6-9,15-16,19,22H,3-5,10-14H2,1-2H3,(H,32,35)/t19?,22-/m0/s1. The van der Waals surface area contributed by atoms with Gasteiger partial charge in [-0.15, -0.1) is 0 Å². The minimum Gasteiger partial charge on any atom is -0.464 e. The third kappa shape index (κ3) is 5.77. The zero-order valence-electron chi connectivity index (χ0n) is 21.5. The van der Waals surface area contributed by atoms with Gasteiger partial charge in [-0.2, -0.15) is 0 Å². The molecule has 4 rings (SSSR count). The molecule has 2 aromatic rings. The summed E-state index contributed by atoms with van der Waals surface area (Å²) in [4.78, 5) is 47.5. The van der Waals surface area contributed by atoms with Crippen molar-refractivity contribution in [3.63, 3.8) is 0 Å². The van der Waals surface area contributed by atoms with Crippen LogP contribution in [0.5, 0.6) is 0 Å². The molecule has 2 fully saturated rings. The minimum absolute atomic E-state index is 0.143. The number of carbonyl (C=O) groups is 3. The topological polar surface area (TPSA) is 107 Å². The van der Waals surface area contributed by atoms with E-state index in [1.54, 1.807) is 19.1 Å². The fourth-order valence-electron chi connectivity index (χ4n) is 5.19. The number of esters is 1. The Balaban J connectivity index is 1.54. The molecule has 1 amide bonds. The number of anilines is 1. The highest BCUT2D eigenvalue weighted by atomic mass is 35.5. The van der Waals surface area contributed by atoms with E-state index >= 15 is 0 Å². The van der Waals surface area contributed by atoms with Gasteiger partial charge in [0.2, 0.25) is 0 Å². The molecule has 2 heterocycles. The molecule has 1 saturated carbocycles. The highest BCUT2D eigenvalue weighted by Gasteiger charge is 2.59. The Morgan fingerprint density at radius 3 is 2.42 bits per heavy atom. The maximum atomic E-state index is 13.1. The van der Waals surface area contributed by atoms with Crippen LogP contribution in [-0.4, -0.2) is 54.2 Å². The zero-order valence-corrected chi connectivity index (χ0v) is 23.0. The average Bonchev–Trinajstić information content (AvgIpc) is 2.91. The summed E-state index contributed by atoms with van der Waals surface area (Å²) in [7, 11) is 0. The monoisotopic (exact) mass is 559 g/mol. The fourth-order valence-corrected chi connectivity index (χ4v) is 5.73. The lowest BCUT2D eigenvalue weighted by Crippen LogP contribution is -2.61. The Kier molecular flexibility index (Phi) is 9.18. The highest BCUT2D eigenvalue weighted by Crippen LogP contribution is 2.48. The van der Waals surface area contributed by atoms with Gasteiger partial charge in [0.25, 0.3) is 5.91 Å². The molecule has 38 heavy (non-hydrogen) atoms. The van der Waals surface area contributed by atoms with Crippen LogP contribution in [0, 0.1) is 11.3 Å². The van der Waals surface area contributed by atoms with Crippen LogP contribution in [0.25, 0.3) is 0 Å². The Morgan fingerprint density at radius 2 is 1.82 bits per heavy atom. The maximum absolute atomic E-state index is 13.1. The summed E-state index contributed by atoms with van der Waals surface area (Å²) in [5.74, 6) is -0.904. The van der Waals surface area contributed by atoms with Crippen LogP contribution in [0.1, 0.15) is 55.5 Å². The molecule has 0 radical (unpaired) electrons. The third-order valence-corrected chi connectivity index (χ3v) is 7.68. The number of nitrogens with zero attached hydrogens (tertiary/aromatic N) is 2. The number of ether oxygens (including phenoxy) is 2. The first kappa shape index (κ1) is 28.2. The summed E-state index contributed by atoms with van der Waals surface area (Å²) in [6, 6.07) is 6.33. The Bertz CT molecular complexity index is 1210. The van der Waals surface area contributed by atoms with Gasteiger partial charge in [-0.25, -0.2) is 4.79 Å². The largest absolute Gasteiger partial charge is 0.464 e. The van der Waals surface area contributed by atoms with Crippen molar-refractivity contribution in [2.24, 2.45) is 16.3 Å². The fraction of sp³-hybridized carbons (Fsp3) is 0.464. The third-order valence-electron chi connectivity index (χ3n) is 7.11. The first-order valence-electron chi connectivity index (χ1n) is 12.9. The van der Waals surface area contributed by atoms with Gasteiger partial charge in [0.05, 0.1) is 33.5 Å². The van der Waals surface area contributed by atoms with E-state index in [0.717, 1.165) is 24.1 Å². The number of amides is 1. The maximum Gasteiger partial charge on any atom is 0.331 e. The number of Topliss-reactive ketones (excluding diaryl/α,β-unsaturated/α-hetero) is 1. The van der Waals surface area contributed by atoms with Crippen molar-refractivity contribution in [3.05, 3.63) is 57.8 Å². The summed E-state index contributed by atoms with van der Waals surface area (Å²) in [6.07, 6.45) is 5.78. The number of hydrogen-bond acceptors (Lipinski definition) is 7. The van der Waals surface area contributed by atoms with E-state index in [0.29, 0.717) is 38.2 Å². The lowest BCUT2D eigenvalue weighted by Gasteiger charge is -2.49. The lowest BCUT2D eigenvalue weighted by atomic mass is 9.54. The van der Waals surface area contributed by atoms with E-state index < -0.39 is 23.3 Å². The van der Waals surface area contributed by atoms with E-state index in [4.69, 9.17) is 37.7 Å². The van der Waals surface area contributed by atoms with Gasteiger partial charge in [-0.05, 0) is 43.9 Å². The van der Waals surface area contributed by atoms with Crippen molar-refractivity contribution < 1.29 is 23.9 Å². The van der Waals surface area contributed by atoms with E-state index in [2.05, 4.69) is 10.3 Å². The second kappa shape index (κ2) is 12.4. The van der Waals surface area contributed by atoms with Gasteiger partial charge in [-0.1, -0.05) is 48.7 Å². The van der Waals surface area contributed by atoms with Gasteiger partial charge < -0.3 is 14.8 Å². The van der Waals surface area contributed by atoms with Gasteiger partial charge >= 0.3 is 5.97 Å². The van der Waals surface area contributed by atoms with E-state index in [9.17, 15) is 14.4 Å². The van der Waals surface area contributed by atoms with Crippen molar-refractivity contribution >= 4 is 52.3 Å². The summed E-state index contributed by atoms with van der Waals surface area (Å²) in [5, 5.41) is 3.08. The highest BCUT2D eigenvalue weighted by molar-refractivity contribution is 6.40. The average molecular weight is 560 g/mol. The summed E-state index contributed by atoms with van der Waals surface area (Å²) >= 11 is 12.2. The van der Waals surface area contributed by atoms with Crippen LogP contribution in [0.4, 0.5) is 5.69 Å². The molecule has 1 saturated heterocycles. The van der Waals surface area contributed by atoms with Crippen molar-refractivity contribution in [1.29, 1.82) is 0 Å². The number of nitrogens with one attached hydrogen (secondary N) is 1. The van der Waals surface area contributed by atoms with Gasteiger partial charge in [-0.3, -0.25) is 19.6 Å². The molecular weight excluding hydrogens is 529 g/mol. The molecule has 1 aromatic heterocycles. The second-order valence-electron chi connectivity index (χ2n) is 9.52. The summed E-state index contributed by atoms with van der Waals surface area (Å²) < 4.78 is 10.9. The van der Waals surface area contributed by atoms with Crippen LogP contribution in [0.3, 0.4) is 0 Å². The quantitative estimate of drug-likeness (QED) is 0.415. The van der Waals surface area contributed by atoms with Gasteiger partial charge in [0.1, 0.15) is 0 Å². The number of aromatic nitrogens is 1. The molecule has 1 N–H and O–H groups in total. The van der Waals surface area contributed by atoms with Crippen molar-refractivity contribution in [1.82, 2.24) is 4.98 Å². The Hall–Kier alpha value is -2.81. The Labute approximate surface area is 232 Å². The smallest absolute Gasteiger partial charge is 0.331 e. The number of halogens is 2.